The van der Waals surface area contributed by atoms with Crippen LogP contribution in [0, 0.1) is 13.8 Å². The number of nitrogens with zero attached hydrogens (tertiary/aromatic N) is 1. The van der Waals surface area contributed by atoms with Gasteiger partial charge in [-0.2, -0.15) is 0 Å². The molecule has 21 heavy (non-hydrogen) atoms. The van der Waals surface area contributed by atoms with Crippen molar-refractivity contribution in [1.29, 1.82) is 0 Å². The zero-order valence-electron chi connectivity index (χ0n) is 11.5. The van der Waals surface area contributed by atoms with E-state index in [9.17, 15) is 13.2 Å². The van der Waals surface area contributed by atoms with Crippen LogP contribution in [0.15, 0.2) is 16.5 Å². The van der Waals surface area contributed by atoms with E-state index in [1.54, 1.807) is 6.20 Å². The number of aromatic nitrogens is 2. The molecule has 2 aromatic heterocycles. The Morgan fingerprint density at radius 1 is 1.48 bits per heavy atom. The molecule has 0 saturated carbocycles. The zero-order chi connectivity index (χ0) is 15.6. The summed E-state index contributed by atoms with van der Waals surface area (Å²) in [6, 6.07) is 0. The number of sulfonamides is 1. The van der Waals surface area contributed by atoms with Gasteiger partial charge < -0.3 is 10.1 Å². The van der Waals surface area contributed by atoms with Crippen LogP contribution in [0.5, 0.6) is 0 Å². The van der Waals surface area contributed by atoms with Crippen LogP contribution in [-0.4, -0.2) is 36.0 Å². The van der Waals surface area contributed by atoms with Gasteiger partial charge in [0.05, 0.1) is 5.01 Å². The number of aryl methyl sites for hydroxylation is 1. The van der Waals surface area contributed by atoms with Gasteiger partial charge >= 0.3 is 5.97 Å². The van der Waals surface area contributed by atoms with Gasteiger partial charge in [-0.15, -0.1) is 11.3 Å². The van der Waals surface area contributed by atoms with Gasteiger partial charge in [0.15, 0.2) is 0 Å². The van der Waals surface area contributed by atoms with E-state index in [4.69, 9.17) is 5.11 Å². The largest absolute Gasteiger partial charge is 0.477 e. The van der Waals surface area contributed by atoms with Crippen molar-refractivity contribution < 1.29 is 18.3 Å². The van der Waals surface area contributed by atoms with Crippen molar-refractivity contribution in [1.82, 2.24) is 14.7 Å². The molecule has 0 aliphatic rings. The normalized spacial score (nSPS) is 11.7. The van der Waals surface area contributed by atoms with Crippen LogP contribution in [0.2, 0.25) is 0 Å². The maximum Gasteiger partial charge on any atom is 0.352 e. The van der Waals surface area contributed by atoms with Gasteiger partial charge in [-0.3, -0.25) is 0 Å². The van der Waals surface area contributed by atoms with Crippen LogP contribution in [0.4, 0.5) is 0 Å². The smallest absolute Gasteiger partial charge is 0.352 e. The van der Waals surface area contributed by atoms with Gasteiger partial charge in [-0.25, -0.2) is 22.9 Å². The van der Waals surface area contributed by atoms with E-state index in [2.05, 4.69) is 14.7 Å². The highest BCUT2D eigenvalue weighted by atomic mass is 32.2. The summed E-state index contributed by atoms with van der Waals surface area (Å²) >= 11 is 1.45. The minimum Gasteiger partial charge on any atom is -0.477 e. The van der Waals surface area contributed by atoms with Crippen molar-refractivity contribution in [2.24, 2.45) is 0 Å². The highest BCUT2D eigenvalue weighted by Gasteiger charge is 2.25. The number of aromatic carboxylic acids is 1. The van der Waals surface area contributed by atoms with Gasteiger partial charge in [-0.1, -0.05) is 0 Å². The van der Waals surface area contributed by atoms with E-state index in [1.807, 2.05) is 5.38 Å². The van der Waals surface area contributed by atoms with Crippen molar-refractivity contribution >= 4 is 27.3 Å². The quantitative estimate of drug-likeness (QED) is 0.739. The lowest BCUT2D eigenvalue weighted by Gasteiger charge is -2.06. The molecule has 2 rings (SSSR count). The molecule has 0 bridgehead atoms. The minimum absolute atomic E-state index is 0.000890. The molecule has 0 atom stereocenters. The summed E-state index contributed by atoms with van der Waals surface area (Å²) in [6.07, 6.45) is 2.15. The fourth-order valence-electron chi connectivity index (χ4n) is 2.09. The Bertz CT molecular complexity index is 748. The summed E-state index contributed by atoms with van der Waals surface area (Å²) in [5.41, 5.74) is 0.418. The fourth-order valence-corrected chi connectivity index (χ4v) is 4.19. The van der Waals surface area contributed by atoms with Crippen LogP contribution in [0.1, 0.15) is 26.8 Å². The van der Waals surface area contributed by atoms with E-state index in [0.29, 0.717) is 12.1 Å². The molecule has 0 radical (unpaired) electrons. The molecule has 0 spiro atoms. The Balaban J connectivity index is 2.18. The summed E-state index contributed by atoms with van der Waals surface area (Å²) in [4.78, 5) is 17.7. The molecule has 9 heteroatoms. The molecule has 0 fully saturated rings. The third-order valence-corrected chi connectivity index (χ3v) is 5.54. The predicted octanol–water partition coefficient (Wildman–Crippen LogP) is 1.31. The summed E-state index contributed by atoms with van der Waals surface area (Å²) in [5, 5.41) is 11.7. The number of aromatic amines is 1. The molecular weight excluding hydrogens is 314 g/mol. The van der Waals surface area contributed by atoms with Crippen LogP contribution < -0.4 is 4.72 Å². The number of carboxylic acids is 1. The Morgan fingerprint density at radius 2 is 2.19 bits per heavy atom. The average Bonchev–Trinajstić information content (AvgIpc) is 2.97. The van der Waals surface area contributed by atoms with Crippen LogP contribution >= 0.6 is 11.3 Å². The van der Waals surface area contributed by atoms with Crippen LogP contribution in [0.25, 0.3) is 0 Å². The van der Waals surface area contributed by atoms with Crippen molar-refractivity contribution in [2.75, 3.05) is 6.54 Å². The first-order valence-electron chi connectivity index (χ1n) is 6.13. The molecular formula is C12H15N3O4S2. The van der Waals surface area contributed by atoms with Gasteiger partial charge in [0.25, 0.3) is 0 Å². The molecule has 2 heterocycles. The van der Waals surface area contributed by atoms with Crippen molar-refractivity contribution in [3.8, 4) is 0 Å². The van der Waals surface area contributed by atoms with Gasteiger partial charge in [0.1, 0.15) is 10.6 Å². The van der Waals surface area contributed by atoms with Crippen molar-refractivity contribution in [3.63, 3.8) is 0 Å². The molecule has 0 saturated heterocycles. The zero-order valence-corrected chi connectivity index (χ0v) is 13.1. The highest BCUT2D eigenvalue weighted by molar-refractivity contribution is 7.89. The first-order chi connectivity index (χ1) is 9.83. The second kappa shape index (κ2) is 5.96. The molecule has 0 aliphatic carbocycles. The Kier molecular flexibility index (Phi) is 4.45. The molecule has 0 amide bonds. The van der Waals surface area contributed by atoms with E-state index in [-0.39, 0.29) is 22.7 Å². The number of H-pyrrole nitrogens is 1. The Labute approximate surface area is 126 Å². The van der Waals surface area contributed by atoms with Crippen molar-refractivity contribution in [3.05, 3.63) is 33.5 Å². The first kappa shape index (κ1) is 15.7. The van der Waals surface area contributed by atoms with E-state index < -0.39 is 16.0 Å². The predicted molar refractivity (Wildman–Crippen MR) is 78.2 cm³/mol. The first-order valence-corrected chi connectivity index (χ1v) is 8.49. The minimum atomic E-state index is -3.76. The lowest BCUT2D eigenvalue weighted by atomic mass is 10.2. The number of rotatable bonds is 6. The number of thiazole rings is 1. The molecule has 7 nitrogen and oxygen atoms in total. The molecule has 0 aliphatic heterocycles. The average molecular weight is 329 g/mol. The Morgan fingerprint density at radius 3 is 2.71 bits per heavy atom. The topological polar surface area (TPSA) is 112 Å². The summed E-state index contributed by atoms with van der Waals surface area (Å²) in [6.45, 7) is 3.22. The van der Waals surface area contributed by atoms with E-state index >= 15 is 0 Å². The van der Waals surface area contributed by atoms with E-state index in [0.717, 1.165) is 5.01 Å². The lowest BCUT2D eigenvalue weighted by molar-refractivity contribution is 0.0690. The number of nitrogens with one attached hydrogen (secondary N) is 2. The fraction of sp³-hybridized carbons (Fsp3) is 0.333. The number of hydrogen-bond acceptors (Lipinski definition) is 5. The number of carbonyl (C=O) groups is 1. The van der Waals surface area contributed by atoms with E-state index in [1.165, 1.54) is 25.2 Å². The summed E-state index contributed by atoms with van der Waals surface area (Å²) in [7, 11) is -3.76. The maximum absolute atomic E-state index is 12.3. The van der Waals surface area contributed by atoms with Crippen molar-refractivity contribution in [2.45, 2.75) is 25.2 Å². The van der Waals surface area contributed by atoms with Gasteiger partial charge in [0.2, 0.25) is 10.0 Å². The summed E-state index contributed by atoms with van der Waals surface area (Å²) < 4.78 is 27.1. The highest BCUT2D eigenvalue weighted by Crippen LogP contribution is 2.23. The third-order valence-electron chi connectivity index (χ3n) is 2.97. The van der Waals surface area contributed by atoms with Crippen LogP contribution in [0.3, 0.4) is 0 Å². The molecule has 2 aromatic rings. The van der Waals surface area contributed by atoms with Gasteiger partial charge in [0, 0.05) is 35.8 Å². The maximum atomic E-state index is 12.3. The van der Waals surface area contributed by atoms with Gasteiger partial charge in [-0.05, 0) is 13.8 Å². The molecule has 114 valence electrons. The molecule has 0 aromatic carbocycles. The monoisotopic (exact) mass is 329 g/mol. The lowest BCUT2D eigenvalue weighted by Crippen LogP contribution is -2.26. The number of carboxylic acid groups (broad SMARTS) is 1. The Hall–Kier alpha value is -1.71. The standard InChI is InChI=1S/C12H15N3O4S2/c1-7-10(12(16)17)15-8(2)11(7)21(18,19)14-4-3-9-13-5-6-20-9/h5-6,14-15H,3-4H2,1-2H3,(H,16,17). The third kappa shape index (κ3) is 3.31. The van der Waals surface area contributed by atoms with Crippen LogP contribution in [-0.2, 0) is 16.4 Å². The molecule has 0 unspecified atom stereocenters. The molecule has 3 N–H and O–H groups in total. The second-order valence-electron chi connectivity index (χ2n) is 4.46. The summed E-state index contributed by atoms with van der Waals surface area (Å²) in [5.74, 6) is -1.18. The SMILES string of the molecule is Cc1[nH]c(C(=O)O)c(C)c1S(=O)(=O)NCCc1nccs1. The second-order valence-corrected chi connectivity index (χ2v) is 7.14. The number of hydrogen-bond donors (Lipinski definition) is 3.